The molecule has 0 bridgehead atoms. The molecule has 2 aromatic heterocycles. The van der Waals surface area contributed by atoms with Gasteiger partial charge in [-0.15, -0.1) is 0 Å². The molecule has 1 aromatic carbocycles. The molecule has 0 N–H and O–H groups in total. The number of benzene rings is 1. The Balaban J connectivity index is 1.85. The molecule has 19 heavy (non-hydrogen) atoms. The van der Waals surface area contributed by atoms with Crippen LogP contribution in [0, 0.1) is 6.92 Å². The molecule has 3 heterocycles. The first-order valence-electron chi connectivity index (χ1n) is 5.94. The van der Waals surface area contributed by atoms with Crippen molar-refractivity contribution in [2.45, 2.75) is 6.92 Å². The number of ether oxygens (including phenoxy) is 2. The van der Waals surface area contributed by atoms with Gasteiger partial charge in [-0.05, 0) is 37.3 Å². The smallest absolute Gasteiger partial charge is 0.247 e. The maximum atomic E-state index is 5.68. The summed E-state index contributed by atoms with van der Waals surface area (Å²) in [6.45, 7) is 2.18. The Morgan fingerprint density at radius 3 is 2.84 bits per heavy atom. The van der Waals surface area contributed by atoms with Gasteiger partial charge in [0.15, 0.2) is 11.5 Å². The van der Waals surface area contributed by atoms with Gasteiger partial charge >= 0.3 is 0 Å². The molecule has 4 rings (SSSR count). The van der Waals surface area contributed by atoms with Gasteiger partial charge in [-0.1, -0.05) is 0 Å². The lowest BCUT2D eigenvalue weighted by Crippen LogP contribution is -1.92. The molecule has 1 aliphatic rings. The first kappa shape index (κ1) is 10.4. The Morgan fingerprint density at radius 2 is 1.89 bits per heavy atom. The molecule has 0 saturated heterocycles. The predicted molar refractivity (Wildman–Crippen MR) is 68.1 cm³/mol. The molecule has 5 heteroatoms. The summed E-state index contributed by atoms with van der Waals surface area (Å²) in [6, 6.07) is 9.42. The van der Waals surface area contributed by atoms with Crippen molar-refractivity contribution in [1.82, 2.24) is 9.97 Å². The zero-order chi connectivity index (χ0) is 12.8. The van der Waals surface area contributed by atoms with E-state index in [1.807, 2.05) is 37.3 Å². The second-order valence-corrected chi connectivity index (χ2v) is 4.36. The van der Waals surface area contributed by atoms with Crippen LogP contribution in [0.3, 0.4) is 0 Å². The first-order chi connectivity index (χ1) is 9.29. The van der Waals surface area contributed by atoms with Crippen LogP contribution in [0.15, 0.2) is 34.7 Å². The molecule has 5 nitrogen and oxygen atoms in total. The number of fused-ring (bicyclic) bond motifs is 2. The second kappa shape index (κ2) is 3.71. The van der Waals surface area contributed by atoms with Gasteiger partial charge in [0.1, 0.15) is 5.52 Å². The fourth-order valence-electron chi connectivity index (χ4n) is 2.06. The monoisotopic (exact) mass is 254 g/mol. The fraction of sp³-hybridized carbons (Fsp3) is 0.143. The Labute approximate surface area is 108 Å². The van der Waals surface area contributed by atoms with Gasteiger partial charge < -0.3 is 13.9 Å². The molecule has 1 aliphatic heterocycles. The number of hydrogen-bond donors (Lipinski definition) is 0. The van der Waals surface area contributed by atoms with Crippen molar-refractivity contribution in [3.63, 3.8) is 0 Å². The van der Waals surface area contributed by atoms with E-state index >= 15 is 0 Å². The maximum Gasteiger partial charge on any atom is 0.247 e. The number of aromatic nitrogens is 2. The van der Waals surface area contributed by atoms with Crippen LogP contribution in [0.1, 0.15) is 5.69 Å². The van der Waals surface area contributed by atoms with Gasteiger partial charge in [0.2, 0.25) is 18.4 Å². The average molecular weight is 254 g/mol. The van der Waals surface area contributed by atoms with Crippen molar-refractivity contribution < 1.29 is 13.9 Å². The van der Waals surface area contributed by atoms with E-state index < -0.39 is 0 Å². The van der Waals surface area contributed by atoms with Crippen LogP contribution < -0.4 is 9.47 Å². The highest BCUT2D eigenvalue weighted by atomic mass is 16.7. The van der Waals surface area contributed by atoms with Gasteiger partial charge in [0, 0.05) is 11.3 Å². The number of nitrogens with zero attached hydrogens (tertiary/aromatic N) is 2. The van der Waals surface area contributed by atoms with Crippen molar-refractivity contribution in [1.29, 1.82) is 0 Å². The highest BCUT2D eigenvalue weighted by molar-refractivity contribution is 5.73. The number of hydrogen-bond acceptors (Lipinski definition) is 5. The molecule has 0 amide bonds. The lowest BCUT2D eigenvalue weighted by Gasteiger charge is -1.97. The van der Waals surface area contributed by atoms with Crippen LogP contribution in [0.2, 0.25) is 0 Å². The molecular formula is C14H10N2O3. The van der Waals surface area contributed by atoms with Crippen LogP contribution in [0.25, 0.3) is 22.7 Å². The maximum absolute atomic E-state index is 5.68. The molecule has 0 atom stereocenters. The molecular weight excluding hydrogens is 244 g/mol. The Kier molecular flexibility index (Phi) is 2.03. The summed E-state index contributed by atoms with van der Waals surface area (Å²) in [5.41, 5.74) is 3.05. The Hall–Kier alpha value is -2.56. The summed E-state index contributed by atoms with van der Waals surface area (Å²) in [6.07, 6.45) is 0. The summed E-state index contributed by atoms with van der Waals surface area (Å²) in [5.74, 6) is 1.99. The topological polar surface area (TPSA) is 57.4 Å². The van der Waals surface area contributed by atoms with E-state index in [9.17, 15) is 0 Å². The summed E-state index contributed by atoms with van der Waals surface area (Å²) in [4.78, 5) is 8.73. The van der Waals surface area contributed by atoms with E-state index in [0.29, 0.717) is 17.4 Å². The minimum Gasteiger partial charge on any atom is -0.454 e. The molecule has 0 unspecified atom stereocenters. The Bertz CT molecular complexity index is 779. The molecule has 0 spiro atoms. The normalized spacial score (nSPS) is 13.1. The van der Waals surface area contributed by atoms with Crippen molar-refractivity contribution in [2.75, 3.05) is 6.79 Å². The van der Waals surface area contributed by atoms with E-state index in [2.05, 4.69) is 9.97 Å². The van der Waals surface area contributed by atoms with Crippen molar-refractivity contribution in [3.05, 3.63) is 36.0 Å². The van der Waals surface area contributed by atoms with Crippen LogP contribution in [0.5, 0.6) is 11.5 Å². The number of oxazole rings is 1. The molecule has 0 aliphatic carbocycles. The summed E-state index contributed by atoms with van der Waals surface area (Å²) < 4.78 is 16.3. The Morgan fingerprint density at radius 1 is 1.00 bits per heavy atom. The standard InChI is InChI=1S/C14H10N2O3/c1-8-2-4-10-14(15-8)19-13(16-10)9-3-5-11-12(6-9)18-7-17-11/h2-6H,7H2,1H3. The summed E-state index contributed by atoms with van der Waals surface area (Å²) in [7, 11) is 0. The first-order valence-corrected chi connectivity index (χ1v) is 5.94. The number of rotatable bonds is 1. The SMILES string of the molecule is Cc1ccc2nc(-c3ccc4c(c3)OCO4)oc2n1. The van der Waals surface area contributed by atoms with Gasteiger partial charge in [0.05, 0.1) is 0 Å². The third kappa shape index (κ3) is 1.62. The van der Waals surface area contributed by atoms with E-state index in [0.717, 1.165) is 22.5 Å². The predicted octanol–water partition coefficient (Wildman–Crippen LogP) is 2.93. The highest BCUT2D eigenvalue weighted by Gasteiger charge is 2.16. The lowest BCUT2D eigenvalue weighted by atomic mass is 10.2. The average Bonchev–Trinajstić information content (AvgIpc) is 3.02. The highest BCUT2D eigenvalue weighted by Crippen LogP contribution is 2.36. The van der Waals surface area contributed by atoms with Gasteiger partial charge in [-0.2, -0.15) is 0 Å². The minimum atomic E-state index is 0.257. The molecule has 3 aromatic rings. The zero-order valence-corrected chi connectivity index (χ0v) is 10.2. The number of pyridine rings is 1. The third-order valence-electron chi connectivity index (χ3n) is 3.01. The fourth-order valence-corrected chi connectivity index (χ4v) is 2.06. The van der Waals surface area contributed by atoms with E-state index in [1.165, 1.54) is 0 Å². The third-order valence-corrected chi connectivity index (χ3v) is 3.01. The minimum absolute atomic E-state index is 0.257. The van der Waals surface area contributed by atoms with Gasteiger partial charge in [-0.25, -0.2) is 9.97 Å². The molecule has 0 radical (unpaired) electrons. The van der Waals surface area contributed by atoms with Crippen LogP contribution >= 0.6 is 0 Å². The van der Waals surface area contributed by atoms with Crippen molar-refractivity contribution >= 4 is 11.2 Å². The van der Waals surface area contributed by atoms with Crippen molar-refractivity contribution in [2.24, 2.45) is 0 Å². The molecule has 94 valence electrons. The van der Waals surface area contributed by atoms with Crippen LogP contribution in [-0.4, -0.2) is 16.8 Å². The van der Waals surface area contributed by atoms with E-state index in [4.69, 9.17) is 13.9 Å². The quantitative estimate of drug-likeness (QED) is 0.668. The van der Waals surface area contributed by atoms with E-state index in [1.54, 1.807) is 0 Å². The largest absolute Gasteiger partial charge is 0.454 e. The van der Waals surface area contributed by atoms with Gasteiger partial charge in [-0.3, -0.25) is 0 Å². The second-order valence-electron chi connectivity index (χ2n) is 4.36. The van der Waals surface area contributed by atoms with Crippen LogP contribution in [0.4, 0.5) is 0 Å². The summed E-state index contributed by atoms with van der Waals surface area (Å²) in [5, 5.41) is 0. The molecule has 0 fully saturated rings. The van der Waals surface area contributed by atoms with Crippen LogP contribution in [-0.2, 0) is 0 Å². The van der Waals surface area contributed by atoms with Gasteiger partial charge in [0.25, 0.3) is 0 Å². The molecule has 0 saturated carbocycles. The van der Waals surface area contributed by atoms with Crippen molar-refractivity contribution in [3.8, 4) is 23.0 Å². The number of aryl methyl sites for hydroxylation is 1. The zero-order valence-electron chi connectivity index (χ0n) is 10.2. The van der Waals surface area contributed by atoms with E-state index in [-0.39, 0.29) is 6.79 Å². The summed E-state index contributed by atoms with van der Waals surface area (Å²) >= 11 is 0. The lowest BCUT2D eigenvalue weighted by molar-refractivity contribution is 0.174.